The molecule has 0 spiro atoms. The molecule has 0 unspecified atom stereocenters. The molecule has 1 rings (SSSR count). The van der Waals surface area contributed by atoms with Gasteiger partial charge in [0, 0.05) is 5.75 Å². The molecule has 3 N–H and O–H groups in total. The van der Waals surface area contributed by atoms with Gasteiger partial charge in [0.05, 0.1) is 5.92 Å². The van der Waals surface area contributed by atoms with Crippen LogP contribution in [0.3, 0.4) is 0 Å². The van der Waals surface area contributed by atoms with Crippen LogP contribution in [0.25, 0.3) is 0 Å². The third kappa shape index (κ3) is 4.20. The van der Waals surface area contributed by atoms with E-state index in [2.05, 4.69) is 0 Å². The Morgan fingerprint density at radius 3 is 2.47 bits per heavy atom. The van der Waals surface area contributed by atoms with Crippen molar-refractivity contribution in [1.82, 2.24) is 0 Å². The van der Waals surface area contributed by atoms with E-state index >= 15 is 0 Å². The fraction of sp³-hybridized carbons (Fsp3) is 0.333. The van der Waals surface area contributed by atoms with E-state index in [-0.39, 0.29) is 16.8 Å². The van der Waals surface area contributed by atoms with Gasteiger partial charge in [0.2, 0.25) is 0 Å². The maximum Gasteiger partial charge on any atom is 0.321 e. The predicted octanol–water partition coefficient (Wildman–Crippen LogP) is 1.46. The Hall–Kier alpha value is -1.33. The Kier molecular flexibility index (Phi) is 5.18. The highest BCUT2D eigenvalue weighted by Gasteiger charge is 2.19. The highest BCUT2D eigenvalue weighted by Crippen LogP contribution is 2.22. The molecule has 0 aromatic heterocycles. The SMILES string of the molecule is C[C@H](C(=O)SC[C@H](N)C(=O)O)c1ccccc1. The molecule has 0 heterocycles. The summed E-state index contributed by atoms with van der Waals surface area (Å²) in [4.78, 5) is 22.3. The summed E-state index contributed by atoms with van der Waals surface area (Å²) in [6.07, 6.45) is 0. The monoisotopic (exact) mass is 253 g/mol. The van der Waals surface area contributed by atoms with Crippen molar-refractivity contribution in [2.24, 2.45) is 5.73 Å². The highest BCUT2D eigenvalue weighted by molar-refractivity contribution is 8.13. The van der Waals surface area contributed by atoms with Gasteiger partial charge in [0.25, 0.3) is 0 Å². The van der Waals surface area contributed by atoms with Crippen LogP contribution in [-0.4, -0.2) is 28.0 Å². The van der Waals surface area contributed by atoms with Crippen LogP contribution < -0.4 is 5.73 Å². The van der Waals surface area contributed by atoms with E-state index in [0.717, 1.165) is 17.3 Å². The third-order valence-electron chi connectivity index (χ3n) is 2.38. The first-order chi connectivity index (χ1) is 8.02. The molecule has 0 amide bonds. The van der Waals surface area contributed by atoms with E-state index < -0.39 is 12.0 Å². The summed E-state index contributed by atoms with van der Waals surface area (Å²) < 4.78 is 0. The van der Waals surface area contributed by atoms with Gasteiger partial charge >= 0.3 is 5.97 Å². The number of hydrogen-bond donors (Lipinski definition) is 2. The first-order valence-electron chi connectivity index (χ1n) is 5.22. The van der Waals surface area contributed by atoms with Crippen LogP contribution in [0.2, 0.25) is 0 Å². The van der Waals surface area contributed by atoms with E-state index in [1.165, 1.54) is 0 Å². The minimum absolute atomic E-state index is 0.0621. The van der Waals surface area contributed by atoms with Crippen LogP contribution in [0.15, 0.2) is 30.3 Å². The molecule has 0 fully saturated rings. The first-order valence-corrected chi connectivity index (χ1v) is 6.21. The van der Waals surface area contributed by atoms with Gasteiger partial charge in [-0.05, 0) is 5.56 Å². The van der Waals surface area contributed by atoms with E-state index in [9.17, 15) is 9.59 Å². The summed E-state index contributed by atoms with van der Waals surface area (Å²) in [6, 6.07) is 8.38. The zero-order valence-corrected chi connectivity index (χ0v) is 10.3. The average Bonchev–Trinajstić information content (AvgIpc) is 2.35. The molecule has 1 aromatic rings. The summed E-state index contributed by atoms with van der Waals surface area (Å²) in [5.41, 5.74) is 6.26. The van der Waals surface area contributed by atoms with Crippen molar-refractivity contribution < 1.29 is 14.7 Å². The molecule has 0 aliphatic rings. The number of nitrogens with two attached hydrogens (primary N) is 1. The summed E-state index contributed by atoms with van der Waals surface area (Å²) >= 11 is 0.971. The van der Waals surface area contributed by atoms with Crippen LogP contribution in [-0.2, 0) is 9.59 Å². The van der Waals surface area contributed by atoms with Crippen molar-refractivity contribution in [3.05, 3.63) is 35.9 Å². The highest BCUT2D eigenvalue weighted by atomic mass is 32.2. The van der Waals surface area contributed by atoms with Gasteiger partial charge in [-0.25, -0.2) is 0 Å². The molecule has 5 heteroatoms. The van der Waals surface area contributed by atoms with Gasteiger partial charge in [-0.3, -0.25) is 9.59 Å². The van der Waals surface area contributed by atoms with Crippen molar-refractivity contribution in [3.63, 3.8) is 0 Å². The second-order valence-electron chi connectivity index (χ2n) is 3.71. The van der Waals surface area contributed by atoms with Gasteiger partial charge in [-0.2, -0.15) is 0 Å². The molecule has 2 atom stereocenters. The Labute approximate surface area is 104 Å². The zero-order chi connectivity index (χ0) is 12.8. The van der Waals surface area contributed by atoms with E-state index in [1.54, 1.807) is 6.92 Å². The number of rotatable bonds is 5. The van der Waals surface area contributed by atoms with E-state index in [0.29, 0.717) is 0 Å². The number of carbonyl (C=O) groups excluding carboxylic acids is 1. The summed E-state index contributed by atoms with van der Waals surface area (Å²) in [6.45, 7) is 1.80. The largest absolute Gasteiger partial charge is 0.480 e. The molecule has 0 bridgehead atoms. The normalized spacial score (nSPS) is 14.0. The van der Waals surface area contributed by atoms with Crippen molar-refractivity contribution in [2.45, 2.75) is 18.9 Å². The van der Waals surface area contributed by atoms with E-state index in [4.69, 9.17) is 10.8 Å². The van der Waals surface area contributed by atoms with Crippen LogP contribution in [0, 0.1) is 0 Å². The number of carbonyl (C=O) groups is 2. The lowest BCUT2D eigenvalue weighted by molar-refractivity contribution is -0.137. The van der Waals surface area contributed by atoms with E-state index in [1.807, 2.05) is 30.3 Å². The summed E-state index contributed by atoms with van der Waals surface area (Å²) in [5, 5.41) is 8.54. The Balaban J connectivity index is 2.51. The zero-order valence-electron chi connectivity index (χ0n) is 9.50. The minimum atomic E-state index is -1.09. The lowest BCUT2D eigenvalue weighted by Gasteiger charge is -2.11. The fourth-order valence-electron chi connectivity index (χ4n) is 1.25. The predicted molar refractivity (Wildman–Crippen MR) is 67.9 cm³/mol. The van der Waals surface area contributed by atoms with Gasteiger partial charge in [-0.1, -0.05) is 49.0 Å². The topological polar surface area (TPSA) is 80.4 Å². The summed E-state index contributed by atoms with van der Waals surface area (Å²) in [5.74, 6) is -1.23. The molecule has 0 radical (unpaired) electrons. The van der Waals surface area contributed by atoms with Crippen molar-refractivity contribution >= 4 is 22.8 Å². The molecule has 0 saturated carbocycles. The van der Waals surface area contributed by atoms with Crippen molar-refractivity contribution in [3.8, 4) is 0 Å². The van der Waals surface area contributed by atoms with Crippen LogP contribution in [0.4, 0.5) is 0 Å². The summed E-state index contributed by atoms with van der Waals surface area (Å²) in [7, 11) is 0. The fourth-order valence-corrected chi connectivity index (χ4v) is 2.12. The molecule has 92 valence electrons. The van der Waals surface area contributed by atoms with Crippen molar-refractivity contribution in [2.75, 3.05) is 5.75 Å². The Bertz CT molecular complexity index is 394. The van der Waals surface area contributed by atoms with Crippen LogP contribution >= 0.6 is 11.8 Å². The molecule has 1 aromatic carbocycles. The van der Waals surface area contributed by atoms with Crippen molar-refractivity contribution in [1.29, 1.82) is 0 Å². The van der Waals surface area contributed by atoms with Crippen LogP contribution in [0.1, 0.15) is 18.4 Å². The first kappa shape index (κ1) is 13.7. The molecule has 0 aliphatic heterocycles. The number of benzene rings is 1. The molecule has 0 saturated heterocycles. The van der Waals surface area contributed by atoms with Gasteiger partial charge < -0.3 is 10.8 Å². The van der Waals surface area contributed by atoms with Gasteiger partial charge in [-0.15, -0.1) is 0 Å². The van der Waals surface area contributed by atoms with Gasteiger partial charge in [0.1, 0.15) is 6.04 Å². The minimum Gasteiger partial charge on any atom is -0.480 e. The molecule has 4 nitrogen and oxygen atoms in total. The maximum absolute atomic E-state index is 11.8. The standard InChI is InChI=1S/C12H15NO3S/c1-8(9-5-3-2-4-6-9)12(16)17-7-10(13)11(14)15/h2-6,8,10H,7,13H2,1H3,(H,14,15)/t8-,10-/m0/s1. The number of carboxylic acids is 1. The smallest absolute Gasteiger partial charge is 0.321 e. The molecule has 0 aliphatic carbocycles. The number of hydrogen-bond acceptors (Lipinski definition) is 4. The number of carboxylic acid groups (broad SMARTS) is 1. The van der Waals surface area contributed by atoms with Crippen LogP contribution in [0.5, 0.6) is 0 Å². The maximum atomic E-state index is 11.8. The lowest BCUT2D eigenvalue weighted by atomic mass is 10.0. The quantitative estimate of drug-likeness (QED) is 0.830. The third-order valence-corrected chi connectivity index (χ3v) is 3.54. The molecule has 17 heavy (non-hydrogen) atoms. The Morgan fingerprint density at radius 1 is 1.35 bits per heavy atom. The van der Waals surface area contributed by atoms with Gasteiger partial charge in [0.15, 0.2) is 5.12 Å². The molecular weight excluding hydrogens is 238 g/mol. The lowest BCUT2D eigenvalue weighted by Crippen LogP contribution is -2.33. The second-order valence-corrected chi connectivity index (χ2v) is 4.73. The Morgan fingerprint density at radius 2 is 1.94 bits per heavy atom. The second kappa shape index (κ2) is 6.42. The average molecular weight is 253 g/mol. The number of thioether (sulfide) groups is 1. The number of aliphatic carboxylic acids is 1. The molecular formula is C12H15NO3S.